The van der Waals surface area contributed by atoms with Crippen molar-refractivity contribution in [3.8, 4) is 0 Å². The van der Waals surface area contributed by atoms with Crippen molar-refractivity contribution in [2.75, 3.05) is 0 Å². The van der Waals surface area contributed by atoms with Gasteiger partial charge in [0.25, 0.3) is 0 Å². The second-order valence-electron chi connectivity index (χ2n) is 5.41. The molecule has 0 amide bonds. The quantitative estimate of drug-likeness (QED) is 0.342. The first-order valence-corrected chi connectivity index (χ1v) is 8.10. The topological polar surface area (TPSA) is 46.5 Å². The molecule has 0 fully saturated rings. The minimum absolute atomic E-state index is 0.0856. The van der Waals surface area contributed by atoms with Gasteiger partial charge < -0.3 is 9.84 Å². The first kappa shape index (κ1) is 18.3. The van der Waals surface area contributed by atoms with Gasteiger partial charge in [-0.2, -0.15) is 0 Å². The van der Waals surface area contributed by atoms with Crippen LogP contribution < -0.4 is 0 Å². The maximum Gasteiger partial charge on any atom is 0.506 e. The highest BCUT2D eigenvalue weighted by atomic mass is 16.7. The summed E-state index contributed by atoms with van der Waals surface area (Å²) in [6, 6.07) is 0. The van der Waals surface area contributed by atoms with Crippen molar-refractivity contribution in [3.05, 3.63) is 0 Å². The van der Waals surface area contributed by atoms with Crippen LogP contribution in [0.15, 0.2) is 0 Å². The smallest absolute Gasteiger partial charge is 0.450 e. The maximum atomic E-state index is 10.6. The highest BCUT2D eigenvalue weighted by Crippen LogP contribution is 2.15. The van der Waals surface area contributed by atoms with Crippen molar-refractivity contribution >= 4 is 6.16 Å². The second-order valence-corrected chi connectivity index (χ2v) is 5.41. The summed E-state index contributed by atoms with van der Waals surface area (Å²) in [5, 5.41) is 8.68. The Morgan fingerprint density at radius 1 is 0.842 bits per heavy atom. The normalized spacial score (nSPS) is 12.3. The van der Waals surface area contributed by atoms with E-state index < -0.39 is 6.16 Å². The first-order valence-electron chi connectivity index (χ1n) is 8.10. The maximum absolute atomic E-state index is 10.6. The number of carbonyl (C=O) groups is 1. The van der Waals surface area contributed by atoms with E-state index in [0.29, 0.717) is 0 Å². The Morgan fingerprint density at radius 3 is 1.84 bits per heavy atom. The van der Waals surface area contributed by atoms with Gasteiger partial charge in [0.2, 0.25) is 0 Å². The Kier molecular flexibility index (Phi) is 13.2. The van der Waals surface area contributed by atoms with E-state index in [1.54, 1.807) is 0 Å². The minimum Gasteiger partial charge on any atom is -0.450 e. The van der Waals surface area contributed by atoms with Crippen molar-refractivity contribution in [2.45, 2.75) is 97.0 Å². The highest BCUT2D eigenvalue weighted by Gasteiger charge is 2.12. The van der Waals surface area contributed by atoms with Crippen molar-refractivity contribution in [1.82, 2.24) is 0 Å². The molecule has 1 N–H and O–H groups in total. The Morgan fingerprint density at radius 2 is 1.32 bits per heavy atom. The zero-order valence-corrected chi connectivity index (χ0v) is 12.8. The van der Waals surface area contributed by atoms with E-state index in [4.69, 9.17) is 9.84 Å². The average molecular weight is 272 g/mol. The number of unbranched alkanes of at least 4 members (excludes halogenated alkanes) is 8. The van der Waals surface area contributed by atoms with Crippen LogP contribution in [0.4, 0.5) is 4.79 Å². The fraction of sp³-hybridized carbons (Fsp3) is 0.938. The van der Waals surface area contributed by atoms with E-state index in [0.717, 1.165) is 32.1 Å². The molecule has 0 aliphatic carbocycles. The molecular weight excluding hydrogens is 240 g/mol. The van der Waals surface area contributed by atoms with Crippen LogP contribution in [-0.4, -0.2) is 17.4 Å². The number of hydrogen-bond acceptors (Lipinski definition) is 2. The molecule has 0 aromatic heterocycles. The van der Waals surface area contributed by atoms with Crippen LogP contribution in [0.1, 0.15) is 90.9 Å². The van der Waals surface area contributed by atoms with Gasteiger partial charge >= 0.3 is 6.16 Å². The molecule has 0 spiro atoms. The van der Waals surface area contributed by atoms with Crippen LogP contribution in [0.25, 0.3) is 0 Å². The van der Waals surface area contributed by atoms with Gasteiger partial charge in [-0.3, -0.25) is 0 Å². The van der Waals surface area contributed by atoms with Gasteiger partial charge in [0, 0.05) is 0 Å². The van der Waals surface area contributed by atoms with Crippen molar-refractivity contribution in [2.24, 2.45) is 0 Å². The molecule has 1 unspecified atom stereocenters. The molecule has 0 aromatic carbocycles. The Balaban J connectivity index is 3.48. The number of ether oxygens (including phenoxy) is 1. The number of hydrogen-bond donors (Lipinski definition) is 1. The zero-order chi connectivity index (χ0) is 14.3. The van der Waals surface area contributed by atoms with Crippen LogP contribution in [0, 0.1) is 0 Å². The first-order chi connectivity index (χ1) is 9.20. The largest absolute Gasteiger partial charge is 0.506 e. The molecule has 0 rings (SSSR count). The summed E-state index contributed by atoms with van der Waals surface area (Å²) >= 11 is 0. The minimum atomic E-state index is -1.12. The molecule has 114 valence electrons. The second kappa shape index (κ2) is 13.7. The fourth-order valence-corrected chi connectivity index (χ4v) is 2.34. The van der Waals surface area contributed by atoms with Crippen molar-refractivity contribution in [3.63, 3.8) is 0 Å². The SMILES string of the molecule is CCCCCCCCCCC(CCCC)OC(=O)O. The Hall–Kier alpha value is -0.730. The summed E-state index contributed by atoms with van der Waals surface area (Å²) in [5.74, 6) is 0. The van der Waals surface area contributed by atoms with Gasteiger partial charge in [-0.25, -0.2) is 4.79 Å². The van der Waals surface area contributed by atoms with Crippen molar-refractivity contribution < 1.29 is 14.6 Å². The van der Waals surface area contributed by atoms with Crippen LogP contribution in [0.3, 0.4) is 0 Å². The van der Waals surface area contributed by atoms with Gasteiger partial charge in [-0.1, -0.05) is 71.6 Å². The van der Waals surface area contributed by atoms with E-state index in [-0.39, 0.29) is 6.10 Å². The summed E-state index contributed by atoms with van der Waals surface area (Å²) < 4.78 is 4.93. The molecule has 19 heavy (non-hydrogen) atoms. The molecule has 1 atom stereocenters. The Labute approximate surface area is 118 Å². The van der Waals surface area contributed by atoms with Gasteiger partial charge in [0.05, 0.1) is 0 Å². The molecule has 0 saturated carbocycles. The summed E-state index contributed by atoms with van der Waals surface area (Å²) in [6.45, 7) is 4.35. The van der Waals surface area contributed by atoms with Crippen molar-refractivity contribution in [1.29, 1.82) is 0 Å². The van der Waals surface area contributed by atoms with Crippen LogP contribution in [0.2, 0.25) is 0 Å². The average Bonchev–Trinajstić information content (AvgIpc) is 2.38. The molecule has 0 heterocycles. The van der Waals surface area contributed by atoms with Gasteiger partial charge in [0.1, 0.15) is 6.10 Å². The summed E-state index contributed by atoms with van der Waals surface area (Å²) in [4.78, 5) is 10.6. The van der Waals surface area contributed by atoms with E-state index >= 15 is 0 Å². The zero-order valence-electron chi connectivity index (χ0n) is 12.8. The predicted octanol–water partition coefficient (Wildman–Crippen LogP) is 5.77. The predicted molar refractivity (Wildman–Crippen MR) is 79.6 cm³/mol. The molecule has 0 radical (unpaired) electrons. The lowest BCUT2D eigenvalue weighted by molar-refractivity contribution is 0.0424. The molecule has 0 aliphatic heterocycles. The van der Waals surface area contributed by atoms with E-state index in [2.05, 4.69) is 13.8 Å². The molecule has 3 nitrogen and oxygen atoms in total. The van der Waals surface area contributed by atoms with E-state index in [1.165, 1.54) is 44.9 Å². The summed E-state index contributed by atoms with van der Waals surface area (Å²) in [5.41, 5.74) is 0. The van der Waals surface area contributed by atoms with Gasteiger partial charge in [-0.05, 0) is 19.3 Å². The standard InChI is InChI=1S/C16H32O3/c1-3-5-7-8-9-10-11-12-14-15(13-6-4-2)19-16(17)18/h15H,3-14H2,1-2H3,(H,17,18). The van der Waals surface area contributed by atoms with Crippen LogP contribution in [-0.2, 0) is 4.74 Å². The van der Waals surface area contributed by atoms with E-state index in [9.17, 15) is 4.79 Å². The summed E-state index contributed by atoms with van der Waals surface area (Å²) in [7, 11) is 0. The third-order valence-corrected chi connectivity index (χ3v) is 3.53. The lowest BCUT2D eigenvalue weighted by atomic mass is 10.0. The van der Waals surface area contributed by atoms with Crippen LogP contribution in [0.5, 0.6) is 0 Å². The van der Waals surface area contributed by atoms with Gasteiger partial charge in [-0.15, -0.1) is 0 Å². The molecule has 3 heteroatoms. The molecule has 0 aliphatic rings. The fourth-order valence-electron chi connectivity index (χ4n) is 2.34. The third-order valence-electron chi connectivity index (χ3n) is 3.53. The van der Waals surface area contributed by atoms with E-state index in [1.807, 2.05) is 0 Å². The Bertz CT molecular complexity index is 204. The lowest BCUT2D eigenvalue weighted by Crippen LogP contribution is -2.16. The highest BCUT2D eigenvalue weighted by molar-refractivity contribution is 5.57. The monoisotopic (exact) mass is 272 g/mol. The molecular formula is C16H32O3. The third kappa shape index (κ3) is 13.5. The van der Waals surface area contributed by atoms with Gasteiger partial charge in [0.15, 0.2) is 0 Å². The number of rotatable bonds is 13. The summed E-state index contributed by atoms with van der Waals surface area (Å²) in [6.07, 6.45) is 12.9. The molecule has 0 bridgehead atoms. The van der Waals surface area contributed by atoms with Crippen LogP contribution >= 0.6 is 0 Å². The number of carboxylic acid groups (broad SMARTS) is 1. The lowest BCUT2D eigenvalue weighted by Gasteiger charge is -2.15. The molecule has 0 saturated heterocycles. The molecule has 0 aromatic rings.